The number of rotatable bonds is 4. The average Bonchev–Trinajstić information content (AvgIpc) is 2.39. The highest BCUT2D eigenvalue weighted by molar-refractivity contribution is 7.99. The van der Waals surface area contributed by atoms with E-state index >= 15 is 0 Å². The molecule has 0 saturated heterocycles. The summed E-state index contributed by atoms with van der Waals surface area (Å²) in [6.07, 6.45) is 1.62. The molecule has 0 aliphatic rings. The molecule has 0 fully saturated rings. The third-order valence-electron chi connectivity index (χ3n) is 2.26. The summed E-state index contributed by atoms with van der Waals surface area (Å²) in [7, 11) is 0. The molecule has 2 aromatic rings. The molecule has 0 bridgehead atoms. The van der Waals surface area contributed by atoms with Crippen molar-refractivity contribution < 1.29 is 14.8 Å². The second-order valence-corrected chi connectivity index (χ2v) is 4.61. The predicted octanol–water partition coefficient (Wildman–Crippen LogP) is 2.84. The molecule has 0 saturated carbocycles. The van der Waals surface area contributed by atoms with Crippen LogP contribution in [0.1, 0.15) is 10.4 Å². The van der Waals surface area contributed by atoms with Gasteiger partial charge >= 0.3 is 5.97 Å². The number of pyridine rings is 1. The first kappa shape index (κ1) is 13.0. The lowest BCUT2D eigenvalue weighted by Gasteiger charge is -2.03. The summed E-state index contributed by atoms with van der Waals surface area (Å²) >= 11 is 1.24. The number of hydrogen-bond donors (Lipinski definition) is 1. The molecule has 1 heterocycles. The van der Waals surface area contributed by atoms with Gasteiger partial charge in [-0.3, -0.25) is 10.1 Å². The number of hydrogen-bond acceptors (Lipinski definition) is 5. The lowest BCUT2D eigenvalue weighted by molar-refractivity contribution is -0.385. The molecular formula is C12H8N2O4S. The van der Waals surface area contributed by atoms with E-state index in [9.17, 15) is 14.9 Å². The van der Waals surface area contributed by atoms with E-state index in [1.807, 2.05) is 0 Å². The molecule has 6 nitrogen and oxygen atoms in total. The Hall–Kier alpha value is -2.41. The van der Waals surface area contributed by atoms with Crippen molar-refractivity contribution in [3.63, 3.8) is 0 Å². The van der Waals surface area contributed by atoms with Gasteiger partial charge in [0.1, 0.15) is 10.6 Å². The Morgan fingerprint density at radius 3 is 2.68 bits per heavy atom. The minimum atomic E-state index is -1.32. The van der Waals surface area contributed by atoms with Crippen molar-refractivity contribution in [3.05, 3.63) is 58.3 Å². The standard InChI is InChI=1S/C12H8N2O4S/c15-12(16)9-7-8(4-5-10(9)14(17)18)19-11-3-1-2-6-13-11/h1-7H,(H,15,16). The number of aromatic nitrogens is 1. The maximum atomic E-state index is 11.0. The number of carboxylic acids is 1. The summed E-state index contributed by atoms with van der Waals surface area (Å²) in [5.41, 5.74) is -0.746. The maximum Gasteiger partial charge on any atom is 0.342 e. The normalized spacial score (nSPS) is 10.1. The number of aromatic carboxylic acids is 1. The van der Waals surface area contributed by atoms with Gasteiger partial charge < -0.3 is 5.11 Å². The highest BCUT2D eigenvalue weighted by atomic mass is 32.2. The zero-order valence-electron chi connectivity index (χ0n) is 9.52. The third kappa shape index (κ3) is 3.08. The summed E-state index contributed by atoms with van der Waals surface area (Å²) in [4.78, 5) is 25.7. The van der Waals surface area contributed by atoms with Crippen LogP contribution in [-0.2, 0) is 0 Å². The van der Waals surface area contributed by atoms with Crippen LogP contribution in [0.15, 0.2) is 52.5 Å². The average molecular weight is 276 g/mol. The molecule has 0 unspecified atom stereocenters. The van der Waals surface area contributed by atoms with Gasteiger partial charge in [-0.25, -0.2) is 9.78 Å². The number of carboxylic acid groups (broad SMARTS) is 1. The summed E-state index contributed by atoms with van der Waals surface area (Å²) in [6.45, 7) is 0. The Kier molecular flexibility index (Phi) is 3.76. The number of benzene rings is 1. The molecule has 96 valence electrons. The van der Waals surface area contributed by atoms with Crippen LogP contribution >= 0.6 is 11.8 Å². The molecule has 0 spiro atoms. The molecule has 7 heteroatoms. The molecule has 0 atom stereocenters. The van der Waals surface area contributed by atoms with Crippen LogP contribution in [0, 0.1) is 10.1 Å². The minimum absolute atomic E-state index is 0.328. The first-order chi connectivity index (χ1) is 9.08. The Morgan fingerprint density at radius 2 is 2.11 bits per heavy atom. The van der Waals surface area contributed by atoms with E-state index < -0.39 is 16.6 Å². The van der Waals surface area contributed by atoms with Crippen molar-refractivity contribution >= 4 is 23.4 Å². The van der Waals surface area contributed by atoms with Gasteiger partial charge in [-0.2, -0.15) is 0 Å². The van der Waals surface area contributed by atoms with Gasteiger partial charge in [0, 0.05) is 17.2 Å². The summed E-state index contributed by atoms with van der Waals surface area (Å²) in [6, 6.07) is 9.31. The second kappa shape index (κ2) is 5.49. The highest BCUT2D eigenvalue weighted by Gasteiger charge is 2.20. The van der Waals surface area contributed by atoms with Gasteiger partial charge in [-0.1, -0.05) is 17.8 Å². The Labute approximate surface area is 112 Å². The fraction of sp³-hybridized carbons (Fsp3) is 0. The lowest BCUT2D eigenvalue weighted by atomic mass is 10.2. The highest BCUT2D eigenvalue weighted by Crippen LogP contribution is 2.30. The van der Waals surface area contributed by atoms with Crippen molar-refractivity contribution in [2.75, 3.05) is 0 Å². The van der Waals surface area contributed by atoms with Crippen LogP contribution in [0.3, 0.4) is 0 Å². The van der Waals surface area contributed by atoms with E-state index in [4.69, 9.17) is 5.11 Å². The Balaban J connectivity index is 2.36. The van der Waals surface area contributed by atoms with Crippen LogP contribution in [0.2, 0.25) is 0 Å². The van der Waals surface area contributed by atoms with Gasteiger partial charge in [0.2, 0.25) is 0 Å². The topological polar surface area (TPSA) is 93.3 Å². The molecule has 1 aromatic carbocycles. The fourth-order valence-corrected chi connectivity index (χ4v) is 2.25. The molecule has 0 aliphatic heterocycles. The predicted molar refractivity (Wildman–Crippen MR) is 68.4 cm³/mol. The Morgan fingerprint density at radius 1 is 1.32 bits per heavy atom. The van der Waals surface area contributed by atoms with Crippen LogP contribution in [0.5, 0.6) is 0 Å². The van der Waals surface area contributed by atoms with Gasteiger partial charge in [0.15, 0.2) is 0 Å². The van der Waals surface area contributed by atoms with Crippen molar-refractivity contribution in [2.24, 2.45) is 0 Å². The summed E-state index contributed by atoms with van der Waals surface area (Å²) in [5, 5.41) is 20.4. The number of nitro benzene ring substituents is 1. The van der Waals surface area contributed by atoms with Crippen LogP contribution in [0.25, 0.3) is 0 Å². The SMILES string of the molecule is O=C(O)c1cc(Sc2ccccn2)ccc1[N+](=O)[O-]. The molecule has 1 N–H and O–H groups in total. The molecule has 2 rings (SSSR count). The lowest BCUT2D eigenvalue weighted by Crippen LogP contribution is -2.02. The van der Waals surface area contributed by atoms with E-state index in [0.717, 1.165) is 0 Å². The molecule has 1 aromatic heterocycles. The van der Waals surface area contributed by atoms with Crippen molar-refractivity contribution in [2.45, 2.75) is 9.92 Å². The molecule has 19 heavy (non-hydrogen) atoms. The summed E-state index contributed by atoms with van der Waals surface area (Å²) < 4.78 is 0. The van der Waals surface area contributed by atoms with E-state index in [1.54, 1.807) is 24.4 Å². The van der Waals surface area contributed by atoms with Crippen LogP contribution in [0.4, 0.5) is 5.69 Å². The van der Waals surface area contributed by atoms with Gasteiger partial charge in [-0.15, -0.1) is 0 Å². The second-order valence-electron chi connectivity index (χ2n) is 3.51. The van der Waals surface area contributed by atoms with Gasteiger partial charge in [0.05, 0.1) is 4.92 Å². The molecular weight excluding hydrogens is 268 g/mol. The molecule has 0 radical (unpaired) electrons. The fourth-order valence-electron chi connectivity index (χ4n) is 1.44. The monoisotopic (exact) mass is 276 g/mol. The van der Waals surface area contributed by atoms with E-state index in [0.29, 0.717) is 9.92 Å². The van der Waals surface area contributed by atoms with Gasteiger partial charge in [-0.05, 0) is 24.3 Å². The van der Waals surface area contributed by atoms with E-state index in [1.165, 1.54) is 30.0 Å². The van der Waals surface area contributed by atoms with Crippen LogP contribution < -0.4 is 0 Å². The smallest absolute Gasteiger partial charge is 0.342 e. The zero-order valence-corrected chi connectivity index (χ0v) is 10.3. The van der Waals surface area contributed by atoms with Crippen molar-refractivity contribution in [1.82, 2.24) is 4.98 Å². The molecule has 0 aliphatic carbocycles. The van der Waals surface area contributed by atoms with Crippen molar-refractivity contribution in [1.29, 1.82) is 0 Å². The Bertz CT molecular complexity index is 631. The first-order valence-electron chi connectivity index (χ1n) is 5.18. The first-order valence-corrected chi connectivity index (χ1v) is 6.00. The van der Waals surface area contributed by atoms with E-state index in [-0.39, 0.29) is 5.56 Å². The van der Waals surface area contributed by atoms with Crippen molar-refractivity contribution in [3.8, 4) is 0 Å². The maximum absolute atomic E-state index is 11.0. The minimum Gasteiger partial charge on any atom is -0.477 e. The van der Waals surface area contributed by atoms with Gasteiger partial charge in [0.25, 0.3) is 5.69 Å². The zero-order chi connectivity index (χ0) is 13.8. The number of nitro groups is 1. The summed E-state index contributed by atoms with van der Waals surface area (Å²) in [5.74, 6) is -1.32. The quantitative estimate of drug-likeness (QED) is 0.681. The number of nitrogens with zero attached hydrogens (tertiary/aromatic N) is 2. The van der Waals surface area contributed by atoms with Crippen LogP contribution in [-0.4, -0.2) is 21.0 Å². The number of carbonyl (C=O) groups is 1. The third-order valence-corrected chi connectivity index (χ3v) is 3.20. The largest absolute Gasteiger partial charge is 0.477 e. The molecule has 0 amide bonds. The van der Waals surface area contributed by atoms with E-state index in [2.05, 4.69) is 4.98 Å².